The van der Waals surface area contributed by atoms with Crippen LogP contribution in [0.5, 0.6) is 0 Å². The summed E-state index contributed by atoms with van der Waals surface area (Å²) in [7, 11) is 0. The first-order chi connectivity index (χ1) is 9.22. The van der Waals surface area contributed by atoms with Gasteiger partial charge in [-0.3, -0.25) is 14.2 Å². The van der Waals surface area contributed by atoms with Gasteiger partial charge in [0.2, 0.25) is 5.91 Å². The van der Waals surface area contributed by atoms with Crippen molar-refractivity contribution in [2.75, 3.05) is 0 Å². The average molecular weight is 275 g/mol. The maximum Gasteiger partial charge on any atom is 0.254 e. The van der Waals surface area contributed by atoms with E-state index in [0.717, 1.165) is 17.7 Å². The van der Waals surface area contributed by atoms with Gasteiger partial charge in [-0.05, 0) is 24.3 Å². The molecule has 0 bridgehead atoms. The van der Waals surface area contributed by atoms with E-state index in [-0.39, 0.29) is 18.0 Å². The summed E-state index contributed by atoms with van der Waals surface area (Å²) in [4.78, 5) is 28.7. The molecule has 0 radical (unpaired) electrons. The van der Waals surface area contributed by atoms with Crippen molar-refractivity contribution in [3.8, 4) is 10.6 Å². The summed E-state index contributed by atoms with van der Waals surface area (Å²) in [5.74, 6) is -0.129. The fourth-order valence-corrected chi connectivity index (χ4v) is 2.45. The van der Waals surface area contributed by atoms with Crippen molar-refractivity contribution in [3.63, 3.8) is 0 Å². The summed E-state index contributed by atoms with van der Waals surface area (Å²) in [5, 5.41) is 4.78. The Morgan fingerprint density at radius 1 is 1.53 bits per heavy atom. The van der Waals surface area contributed by atoms with E-state index in [1.165, 1.54) is 28.3 Å². The van der Waals surface area contributed by atoms with Gasteiger partial charge in [-0.2, -0.15) is 0 Å². The fraction of sp³-hybridized carbons (Fsp3) is 0.308. The third-order valence-corrected chi connectivity index (χ3v) is 3.80. The minimum Gasteiger partial charge on any atom is -0.352 e. The SMILES string of the molecule is O=C(Cn1cnc(-c2cccs2)cc1=O)NC1CC1. The normalized spacial score (nSPS) is 14.3. The molecular formula is C13H13N3O2S. The Kier molecular flexibility index (Phi) is 3.16. The van der Waals surface area contributed by atoms with Crippen LogP contribution in [0.15, 0.2) is 34.7 Å². The van der Waals surface area contributed by atoms with Crippen LogP contribution in [0.4, 0.5) is 0 Å². The number of carbonyl (C=O) groups is 1. The van der Waals surface area contributed by atoms with Crippen LogP contribution < -0.4 is 10.9 Å². The number of aromatic nitrogens is 2. The quantitative estimate of drug-likeness (QED) is 0.913. The van der Waals surface area contributed by atoms with Crippen LogP contribution in [-0.2, 0) is 11.3 Å². The molecule has 0 aromatic carbocycles. The molecule has 98 valence electrons. The highest BCUT2D eigenvalue weighted by Crippen LogP contribution is 2.20. The summed E-state index contributed by atoms with van der Waals surface area (Å²) in [6.07, 6.45) is 3.51. The maximum absolute atomic E-state index is 11.9. The van der Waals surface area contributed by atoms with Crippen LogP contribution in [-0.4, -0.2) is 21.5 Å². The molecule has 0 saturated heterocycles. The summed E-state index contributed by atoms with van der Waals surface area (Å²) < 4.78 is 1.33. The molecule has 0 aliphatic heterocycles. The number of carbonyl (C=O) groups excluding carboxylic acids is 1. The first-order valence-electron chi connectivity index (χ1n) is 6.12. The molecule has 5 nitrogen and oxygen atoms in total. The molecule has 1 aliphatic rings. The first-order valence-corrected chi connectivity index (χ1v) is 7.00. The molecule has 0 atom stereocenters. The van der Waals surface area contributed by atoms with Crippen LogP contribution in [0.2, 0.25) is 0 Å². The van der Waals surface area contributed by atoms with Crippen molar-refractivity contribution in [1.82, 2.24) is 14.9 Å². The molecule has 1 fully saturated rings. The Morgan fingerprint density at radius 3 is 3.00 bits per heavy atom. The number of amides is 1. The van der Waals surface area contributed by atoms with E-state index in [0.29, 0.717) is 11.7 Å². The average Bonchev–Trinajstić information content (AvgIpc) is 3.03. The molecule has 2 aromatic rings. The second kappa shape index (κ2) is 4.97. The third kappa shape index (κ3) is 2.90. The lowest BCUT2D eigenvalue weighted by Crippen LogP contribution is -2.33. The Bertz CT molecular complexity index is 644. The number of nitrogens with one attached hydrogen (secondary N) is 1. The van der Waals surface area contributed by atoms with Gasteiger partial charge < -0.3 is 5.32 Å². The molecule has 1 N–H and O–H groups in total. The first kappa shape index (κ1) is 12.1. The molecule has 1 amide bonds. The maximum atomic E-state index is 11.9. The standard InChI is InChI=1S/C13H13N3O2S/c17-12(15-9-3-4-9)7-16-8-14-10(6-13(16)18)11-2-1-5-19-11/h1-2,5-6,8-9H,3-4,7H2,(H,15,17). The van der Waals surface area contributed by atoms with E-state index >= 15 is 0 Å². The number of nitrogens with zero attached hydrogens (tertiary/aromatic N) is 2. The minimum atomic E-state index is -0.204. The second-order valence-corrected chi connectivity index (χ2v) is 5.51. The van der Waals surface area contributed by atoms with Crippen LogP contribution in [0.1, 0.15) is 12.8 Å². The van der Waals surface area contributed by atoms with Gasteiger partial charge in [-0.1, -0.05) is 6.07 Å². The Morgan fingerprint density at radius 2 is 2.37 bits per heavy atom. The van der Waals surface area contributed by atoms with Gasteiger partial charge in [-0.25, -0.2) is 4.98 Å². The van der Waals surface area contributed by atoms with Gasteiger partial charge in [0.25, 0.3) is 5.56 Å². The molecule has 1 aliphatic carbocycles. The van der Waals surface area contributed by atoms with E-state index in [9.17, 15) is 9.59 Å². The van der Waals surface area contributed by atoms with Gasteiger partial charge in [0.1, 0.15) is 6.54 Å². The number of thiophene rings is 1. The second-order valence-electron chi connectivity index (χ2n) is 4.56. The zero-order valence-corrected chi connectivity index (χ0v) is 11.0. The van der Waals surface area contributed by atoms with Gasteiger partial charge >= 0.3 is 0 Å². The number of hydrogen-bond acceptors (Lipinski definition) is 4. The lowest BCUT2D eigenvalue weighted by Gasteiger charge is -2.06. The molecule has 2 aromatic heterocycles. The third-order valence-electron chi connectivity index (χ3n) is 2.91. The van der Waals surface area contributed by atoms with Crippen molar-refractivity contribution in [3.05, 3.63) is 40.3 Å². The highest BCUT2D eigenvalue weighted by molar-refractivity contribution is 7.13. The predicted molar refractivity (Wildman–Crippen MR) is 73.0 cm³/mol. The fourth-order valence-electron chi connectivity index (χ4n) is 1.76. The Labute approximate surface area is 113 Å². The summed E-state index contributed by atoms with van der Waals surface area (Å²) in [6, 6.07) is 5.60. The summed E-state index contributed by atoms with van der Waals surface area (Å²) in [5.41, 5.74) is 0.447. The number of rotatable bonds is 4. The Hall–Kier alpha value is -1.95. The smallest absolute Gasteiger partial charge is 0.254 e. The molecule has 19 heavy (non-hydrogen) atoms. The largest absolute Gasteiger partial charge is 0.352 e. The lowest BCUT2D eigenvalue weighted by atomic mass is 10.3. The highest BCUT2D eigenvalue weighted by atomic mass is 32.1. The summed E-state index contributed by atoms with van der Waals surface area (Å²) in [6.45, 7) is 0.0348. The van der Waals surface area contributed by atoms with Crippen molar-refractivity contribution >= 4 is 17.2 Å². The lowest BCUT2D eigenvalue weighted by molar-refractivity contribution is -0.121. The molecule has 3 rings (SSSR count). The molecule has 6 heteroatoms. The van der Waals surface area contributed by atoms with Crippen LogP contribution >= 0.6 is 11.3 Å². The van der Waals surface area contributed by atoms with E-state index in [1.54, 1.807) is 0 Å². The number of hydrogen-bond donors (Lipinski definition) is 1. The molecule has 0 spiro atoms. The minimum absolute atomic E-state index is 0.0348. The topological polar surface area (TPSA) is 64.0 Å². The molecule has 0 unspecified atom stereocenters. The van der Waals surface area contributed by atoms with E-state index in [4.69, 9.17) is 0 Å². The van der Waals surface area contributed by atoms with Crippen molar-refractivity contribution in [2.24, 2.45) is 0 Å². The van der Waals surface area contributed by atoms with Gasteiger partial charge in [0, 0.05) is 12.1 Å². The van der Waals surface area contributed by atoms with Crippen molar-refractivity contribution in [2.45, 2.75) is 25.4 Å². The van der Waals surface area contributed by atoms with Crippen molar-refractivity contribution < 1.29 is 4.79 Å². The van der Waals surface area contributed by atoms with Crippen molar-refractivity contribution in [1.29, 1.82) is 0 Å². The van der Waals surface area contributed by atoms with E-state index < -0.39 is 0 Å². The molecule has 2 heterocycles. The monoisotopic (exact) mass is 275 g/mol. The van der Waals surface area contributed by atoms with Gasteiger partial charge in [0.05, 0.1) is 16.9 Å². The van der Waals surface area contributed by atoms with E-state index in [2.05, 4.69) is 10.3 Å². The highest BCUT2D eigenvalue weighted by Gasteiger charge is 2.23. The van der Waals surface area contributed by atoms with E-state index in [1.807, 2.05) is 17.5 Å². The summed E-state index contributed by atoms with van der Waals surface area (Å²) >= 11 is 1.53. The predicted octanol–water partition coefficient (Wildman–Crippen LogP) is 1.25. The van der Waals surface area contributed by atoms with Crippen LogP contribution in [0.25, 0.3) is 10.6 Å². The zero-order chi connectivity index (χ0) is 13.2. The Balaban J connectivity index is 1.76. The molecule has 1 saturated carbocycles. The van der Waals surface area contributed by atoms with Crippen LogP contribution in [0.3, 0.4) is 0 Å². The zero-order valence-electron chi connectivity index (χ0n) is 10.2. The van der Waals surface area contributed by atoms with Gasteiger partial charge in [0.15, 0.2) is 0 Å². The van der Waals surface area contributed by atoms with Gasteiger partial charge in [-0.15, -0.1) is 11.3 Å². The van der Waals surface area contributed by atoms with Crippen LogP contribution in [0, 0.1) is 0 Å². The molecular weight excluding hydrogens is 262 g/mol.